The molecule has 0 aromatic rings. The Balaban J connectivity index is 0.00000196. The van der Waals surface area contributed by atoms with E-state index in [9.17, 15) is 9.82 Å². The highest BCUT2D eigenvalue weighted by molar-refractivity contribution is 6.45. The van der Waals surface area contributed by atoms with Crippen LogP contribution in [0.3, 0.4) is 0 Å². The Kier molecular flexibility index (Phi) is 6.15. The van der Waals surface area contributed by atoms with Crippen LogP contribution >= 0.6 is 12.4 Å². The number of ether oxygens (including phenoxy) is 1. The molecule has 0 aromatic carbocycles. The molecule has 1 fully saturated rings. The van der Waals surface area contributed by atoms with Gasteiger partial charge in [-0.2, -0.15) is 0 Å². The first-order valence-electron chi connectivity index (χ1n) is 4.57. The molecular formula is C7H17BClN3O3. The van der Waals surface area contributed by atoms with E-state index in [1.54, 1.807) is 16.6 Å². The van der Waals surface area contributed by atoms with Gasteiger partial charge in [0.1, 0.15) is 6.04 Å². The lowest BCUT2D eigenvalue weighted by molar-refractivity contribution is -0.147. The summed E-state index contributed by atoms with van der Waals surface area (Å²) in [6.45, 7) is 3.21. The number of carbonyl (C=O) groups excluding carboxylic acids is 1. The van der Waals surface area contributed by atoms with Crippen molar-refractivity contribution in [2.45, 2.75) is 12.9 Å². The van der Waals surface area contributed by atoms with Crippen molar-refractivity contribution < 1.29 is 14.6 Å². The second kappa shape index (κ2) is 6.29. The van der Waals surface area contributed by atoms with E-state index in [-0.39, 0.29) is 18.4 Å². The van der Waals surface area contributed by atoms with Crippen LogP contribution < -0.4 is 5.84 Å². The summed E-state index contributed by atoms with van der Waals surface area (Å²) in [6, 6.07) is -0.473. The van der Waals surface area contributed by atoms with E-state index >= 15 is 0 Å². The van der Waals surface area contributed by atoms with Crippen LogP contribution in [0.4, 0.5) is 0 Å². The third-order valence-corrected chi connectivity index (χ3v) is 2.41. The molecule has 1 aliphatic rings. The van der Waals surface area contributed by atoms with Gasteiger partial charge in [0.05, 0.1) is 7.11 Å². The third-order valence-electron chi connectivity index (χ3n) is 2.41. The summed E-state index contributed by atoms with van der Waals surface area (Å²) in [5.74, 6) is 5.24. The highest BCUT2D eigenvalue weighted by atomic mass is 35.5. The number of hydrogen-bond acceptors (Lipinski definition) is 6. The minimum atomic E-state index is -0.659. The summed E-state index contributed by atoms with van der Waals surface area (Å²) in [5.41, 5.74) is 0. The van der Waals surface area contributed by atoms with Gasteiger partial charge >= 0.3 is 13.0 Å². The van der Waals surface area contributed by atoms with E-state index in [0.29, 0.717) is 19.6 Å². The van der Waals surface area contributed by atoms with E-state index in [0.717, 1.165) is 0 Å². The molecule has 0 aromatic heterocycles. The molecular weight excluding hydrogens is 220 g/mol. The molecule has 8 heteroatoms. The van der Waals surface area contributed by atoms with Gasteiger partial charge in [-0.1, -0.05) is 0 Å². The molecule has 1 heterocycles. The lowest BCUT2D eigenvalue weighted by Gasteiger charge is -2.38. The average Bonchev–Trinajstić information content (AvgIpc) is 2.16. The molecule has 0 amide bonds. The summed E-state index contributed by atoms with van der Waals surface area (Å²) in [5, 5.41) is 11.0. The third kappa shape index (κ3) is 3.62. The number of esters is 1. The van der Waals surface area contributed by atoms with Gasteiger partial charge in [-0.3, -0.25) is 10.6 Å². The normalized spacial score (nSPS) is 23.1. The minimum absolute atomic E-state index is 0. The van der Waals surface area contributed by atoms with Gasteiger partial charge in [0.15, 0.2) is 0 Å². The largest absolute Gasteiger partial charge is 0.468 e. The van der Waals surface area contributed by atoms with Gasteiger partial charge in [0.2, 0.25) is 0 Å². The molecule has 1 aliphatic heterocycles. The molecule has 1 rings (SSSR count). The Morgan fingerprint density at radius 2 is 2.20 bits per heavy atom. The molecule has 0 saturated carbocycles. The number of hydrazine groups is 1. The molecule has 0 bridgehead atoms. The monoisotopic (exact) mass is 237 g/mol. The summed E-state index contributed by atoms with van der Waals surface area (Å²) in [4.78, 5) is 13.0. The zero-order valence-corrected chi connectivity index (χ0v) is 9.74. The van der Waals surface area contributed by atoms with Crippen LogP contribution in [0.25, 0.3) is 0 Å². The highest BCUT2D eigenvalue weighted by Gasteiger charge is 2.35. The van der Waals surface area contributed by atoms with Crippen LogP contribution in [-0.2, 0) is 9.53 Å². The molecule has 88 valence electrons. The summed E-state index contributed by atoms with van der Waals surface area (Å²) in [7, 11) is 0.672. The molecule has 0 spiro atoms. The van der Waals surface area contributed by atoms with E-state index in [2.05, 4.69) is 4.74 Å². The SMILES string of the molecule is COC(=O)[C@H]1CN(N)CCN1B(C)O.Cl. The molecule has 0 unspecified atom stereocenters. The van der Waals surface area contributed by atoms with Gasteiger partial charge < -0.3 is 14.6 Å². The predicted molar refractivity (Wildman–Crippen MR) is 59.4 cm³/mol. The fraction of sp³-hybridized carbons (Fsp3) is 0.857. The number of hydrogen-bond donors (Lipinski definition) is 2. The van der Waals surface area contributed by atoms with Crippen LogP contribution in [0, 0.1) is 0 Å². The number of nitrogens with two attached hydrogens (primary N) is 1. The van der Waals surface area contributed by atoms with Crippen LogP contribution in [0.1, 0.15) is 0 Å². The molecule has 0 radical (unpaired) electrons. The maximum atomic E-state index is 11.4. The maximum absolute atomic E-state index is 11.4. The molecule has 6 nitrogen and oxygen atoms in total. The van der Waals surface area contributed by atoms with Crippen LogP contribution in [0.2, 0.25) is 6.82 Å². The number of halogens is 1. The Morgan fingerprint density at radius 3 is 2.67 bits per heavy atom. The van der Waals surface area contributed by atoms with Crippen LogP contribution in [0.5, 0.6) is 0 Å². The van der Waals surface area contributed by atoms with Crippen molar-refractivity contribution in [3.63, 3.8) is 0 Å². The summed E-state index contributed by atoms with van der Waals surface area (Å²) < 4.78 is 4.64. The van der Waals surface area contributed by atoms with E-state index in [1.807, 2.05) is 0 Å². The maximum Gasteiger partial charge on any atom is 0.377 e. The zero-order valence-electron chi connectivity index (χ0n) is 8.92. The van der Waals surface area contributed by atoms with Gasteiger partial charge in [-0.25, -0.2) is 5.01 Å². The number of nitrogens with zero attached hydrogens (tertiary/aromatic N) is 2. The average molecular weight is 237 g/mol. The van der Waals surface area contributed by atoms with Gasteiger partial charge in [-0.15, -0.1) is 12.4 Å². The fourth-order valence-electron chi connectivity index (χ4n) is 1.61. The second-order valence-electron chi connectivity index (χ2n) is 3.40. The van der Waals surface area contributed by atoms with Crippen molar-refractivity contribution in [2.24, 2.45) is 5.84 Å². The topological polar surface area (TPSA) is 79.0 Å². The number of rotatable bonds is 2. The Bertz CT molecular complexity index is 220. The van der Waals surface area contributed by atoms with Gasteiger partial charge in [-0.05, 0) is 6.82 Å². The van der Waals surface area contributed by atoms with Crippen molar-refractivity contribution in [1.82, 2.24) is 9.82 Å². The fourth-order valence-corrected chi connectivity index (χ4v) is 1.61. The van der Waals surface area contributed by atoms with Crippen LogP contribution in [-0.4, -0.2) is 60.6 Å². The highest BCUT2D eigenvalue weighted by Crippen LogP contribution is 2.09. The van der Waals surface area contributed by atoms with Crippen molar-refractivity contribution in [2.75, 3.05) is 26.7 Å². The first-order valence-corrected chi connectivity index (χ1v) is 4.57. The Morgan fingerprint density at radius 1 is 1.60 bits per heavy atom. The summed E-state index contributed by atoms with van der Waals surface area (Å²) in [6.07, 6.45) is 0. The number of piperazine rings is 1. The van der Waals surface area contributed by atoms with E-state index in [1.165, 1.54) is 7.11 Å². The van der Waals surface area contributed by atoms with Gasteiger partial charge in [0.25, 0.3) is 0 Å². The van der Waals surface area contributed by atoms with Gasteiger partial charge in [0, 0.05) is 19.6 Å². The van der Waals surface area contributed by atoms with E-state index < -0.39 is 13.1 Å². The van der Waals surface area contributed by atoms with Crippen LogP contribution in [0.15, 0.2) is 0 Å². The molecule has 1 saturated heterocycles. The zero-order chi connectivity index (χ0) is 10.7. The Labute approximate surface area is 95.9 Å². The minimum Gasteiger partial charge on any atom is -0.468 e. The first kappa shape index (κ1) is 14.7. The molecule has 0 aliphatic carbocycles. The number of methoxy groups -OCH3 is 1. The first-order chi connectivity index (χ1) is 6.56. The smallest absolute Gasteiger partial charge is 0.377 e. The van der Waals surface area contributed by atoms with Crippen molar-refractivity contribution >= 4 is 25.4 Å². The quantitative estimate of drug-likeness (QED) is 0.348. The molecule has 3 N–H and O–H groups in total. The number of carbonyl (C=O) groups is 1. The van der Waals surface area contributed by atoms with Crippen molar-refractivity contribution in [3.8, 4) is 0 Å². The standard InChI is InChI=1S/C7H16BN3O3.ClH/c1-8(13)11-4-3-10(9)5-6(11)7(12)14-2;/h6,13H,3-5,9H2,1-2H3;1H/t6-;/m1./s1. The summed E-state index contributed by atoms with van der Waals surface area (Å²) >= 11 is 0. The van der Waals surface area contributed by atoms with E-state index in [4.69, 9.17) is 5.84 Å². The lowest BCUT2D eigenvalue weighted by Crippen LogP contribution is -2.62. The predicted octanol–water partition coefficient (Wildman–Crippen LogP) is -1.45. The van der Waals surface area contributed by atoms with Crippen molar-refractivity contribution in [1.29, 1.82) is 0 Å². The van der Waals surface area contributed by atoms with Crippen molar-refractivity contribution in [3.05, 3.63) is 0 Å². The molecule has 15 heavy (non-hydrogen) atoms. The Hall–Kier alpha value is -0.335. The lowest BCUT2D eigenvalue weighted by atomic mass is 9.82. The molecule has 1 atom stereocenters. The second-order valence-corrected chi connectivity index (χ2v) is 3.40.